The van der Waals surface area contributed by atoms with Crippen LogP contribution in [-0.4, -0.2) is 0 Å². The zero-order valence-corrected chi connectivity index (χ0v) is 39.5. The third kappa shape index (κ3) is 322. The van der Waals surface area contributed by atoms with E-state index in [1.54, 1.807) is 0 Å². The maximum atomic E-state index is 2.28. The van der Waals surface area contributed by atoms with Gasteiger partial charge in [-0.1, -0.05) is 289 Å². The van der Waals surface area contributed by atoms with Crippen LogP contribution in [0.1, 0.15) is 289 Å². The van der Waals surface area contributed by atoms with Crippen molar-refractivity contribution in [2.45, 2.75) is 289 Å². The first-order chi connectivity index (χ1) is 21.8. The molecule has 0 aromatic heterocycles. The minimum absolute atomic E-state index is 0. The van der Waals surface area contributed by atoms with Gasteiger partial charge in [0.05, 0.1) is 0 Å². The van der Waals surface area contributed by atoms with E-state index in [1.807, 2.05) is 13.8 Å². The molecule has 308 valence electrons. The standard InChI is InChI=1S/C8H18.2C6H14.2C5H12.C4H8.2C4H10.C3H8.C2H6.CH4/c1-3-5-7-8-6-4-2;1-4-5-6(2)3;1-3-5-6-4-2;1-5(2,3)4;1-4-5(2)3;1-4-2-3-4;1-4(2)3;1-3-4-2;1-3-2;1-2;/h3-8H2,1-2H3;6H,4-5H2,1-3H3;3-6H2,1-2H3;1-4H3;5H,4H2,1-3H3;4H,2-3H2,1H3;4H,1-3H3;3-4H2,1-2H3;3H2,1-2H3;1-2H3;1H4. The Morgan fingerprint density at radius 1 is 0.458 bits per heavy atom. The van der Waals surface area contributed by atoms with E-state index in [0.717, 1.165) is 23.7 Å². The van der Waals surface area contributed by atoms with Crippen molar-refractivity contribution in [3.8, 4) is 0 Å². The lowest BCUT2D eigenvalue weighted by Crippen LogP contribution is -1.93. The maximum Gasteiger partial charge on any atom is -0.0411 e. The second-order valence-electron chi connectivity index (χ2n) is 16.2. The monoisotopic (exact) mass is 693 g/mol. The molecule has 0 radical (unpaired) electrons. The highest BCUT2D eigenvalue weighted by atomic mass is 14.2. The molecule has 1 aliphatic rings. The summed E-state index contributed by atoms with van der Waals surface area (Å²) in [4.78, 5) is 0. The molecule has 48 heavy (non-hydrogen) atoms. The Bertz CT molecular complexity index is 332. The fraction of sp³-hybridized carbons (Fsp3) is 1.00. The Kier molecular flexibility index (Phi) is 117. The second kappa shape index (κ2) is 76.7. The predicted octanol–water partition coefficient (Wildman–Crippen LogP) is 20.5. The highest BCUT2D eigenvalue weighted by Crippen LogP contribution is 2.26. The molecule has 1 fully saturated rings. The summed E-state index contributed by atoms with van der Waals surface area (Å²) in [7, 11) is 0. The van der Waals surface area contributed by atoms with Gasteiger partial charge in [-0.15, -0.1) is 0 Å². The van der Waals surface area contributed by atoms with Gasteiger partial charge in [0.1, 0.15) is 0 Å². The maximum absolute atomic E-state index is 2.28. The Morgan fingerprint density at radius 2 is 0.646 bits per heavy atom. The molecule has 0 aliphatic heterocycles. The highest BCUT2D eigenvalue weighted by Gasteiger charge is 2.12. The molecular weight excluding hydrogens is 577 g/mol. The first-order valence-corrected chi connectivity index (χ1v) is 21.8. The average molecular weight is 693 g/mol. The SMILES string of the molecule is C.CC.CC(C)(C)C.CC(C)C.CC1CC1.CCC.CCC(C)C.CCCC.CCCC(C)C.CCCCCC.CCCCCCCC. The first-order valence-electron chi connectivity index (χ1n) is 21.8. The van der Waals surface area contributed by atoms with Crippen molar-refractivity contribution in [3.63, 3.8) is 0 Å². The zero-order chi connectivity index (χ0) is 39.5. The van der Waals surface area contributed by atoms with Crippen molar-refractivity contribution in [2.75, 3.05) is 0 Å². The van der Waals surface area contributed by atoms with Crippen LogP contribution in [0.5, 0.6) is 0 Å². The molecule has 0 aromatic rings. The fourth-order valence-corrected chi connectivity index (χ4v) is 2.10. The molecule has 0 nitrogen and oxygen atoms in total. The summed E-state index contributed by atoms with van der Waals surface area (Å²) < 4.78 is 0. The molecule has 0 N–H and O–H groups in total. The van der Waals surface area contributed by atoms with Gasteiger partial charge in [-0.3, -0.25) is 0 Å². The number of hydrogen-bond donors (Lipinski definition) is 0. The lowest BCUT2D eigenvalue weighted by Gasteiger charge is -2.05. The molecule has 0 heterocycles. The fourth-order valence-electron chi connectivity index (χ4n) is 2.10. The Morgan fingerprint density at radius 3 is 0.708 bits per heavy atom. The third-order valence-corrected chi connectivity index (χ3v) is 5.46. The van der Waals surface area contributed by atoms with Crippen molar-refractivity contribution < 1.29 is 0 Å². The molecule has 0 spiro atoms. The van der Waals surface area contributed by atoms with Gasteiger partial charge in [0.15, 0.2) is 0 Å². The van der Waals surface area contributed by atoms with Crippen LogP contribution in [0.25, 0.3) is 0 Å². The molecule has 0 saturated heterocycles. The van der Waals surface area contributed by atoms with Crippen LogP contribution in [0.15, 0.2) is 0 Å². The van der Waals surface area contributed by atoms with Crippen molar-refractivity contribution in [1.29, 1.82) is 0 Å². The van der Waals surface area contributed by atoms with Crippen LogP contribution in [0.4, 0.5) is 0 Å². The van der Waals surface area contributed by atoms with Crippen molar-refractivity contribution in [1.82, 2.24) is 0 Å². The molecule has 0 amide bonds. The summed E-state index contributed by atoms with van der Waals surface area (Å²) in [5.41, 5.74) is 0.500. The Labute approximate surface area is 317 Å². The lowest BCUT2D eigenvalue weighted by molar-refractivity contribution is 0.469. The largest absolute Gasteiger partial charge is 0.0776 e. The summed E-state index contributed by atoms with van der Waals surface area (Å²) in [6.07, 6.45) is 24.9. The molecule has 0 bridgehead atoms. The number of hydrogen-bond acceptors (Lipinski definition) is 0. The van der Waals surface area contributed by atoms with Crippen LogP contribution in [0.2, 0.25) is 0 Å². The van der Waals surface area contributed by atoms with E-state index in [0.29, 0.717) is 5.41 Å². The molecule has 0 heteroatoms. The highest BCUT2D eigenvalue weighted by molar-refractivity contribution is 4.65. The van der Waals surface area contributed by atoms with Crippen LogP contribution in [-0.2, 0) is 0 Å². The van der Waals surface area contributed by atoms with Crippen LogP contribution >= 0.6 is 0 Å². The van der Waals surface area contributed by atoms with Gasteiger partial charge in [-0.25, -0.2) is 0 Å². The van der Waals surface area contributed by atoms with E-state index in [4.69, 9.17) is 0 Å². The summed E-state index contributed by atoms with van der Waals surface area (Å²) >= 11 is 0. The Hall–Kier alpha value is 0. The summed E-state index contributed by atoms with van der Waals surface area (Å²) in [5.74, 6) is 3.70. The van der Waals surface area contributed by atoms with E-state index in [1.165, 1.54) is 116 Å². The van der Waals surface area contributed by atoms with Gasteiger partial charge in [0.2, 0.25) is 0 Å². The summed E-state index contributed by atoms with van der Waals surface area (Å²) in [5, 5.41) is 0. The van der Waals surface area contributed by atoms with Gasteiger partial charge in [0.25, 0.3) is 0 Å². The molecule has 1 saturated carbocycles. The van der Waals surface area contributed by atoms with Gasteiger partial charge in [-0.2, -0.15) is 0 Å². The lowest BCUT2D eigenvalue weighted by atomic mass is 10.0. The van der Waals surface area contributed by atoms with Crippen molar-refractivity contribution in [3.05, 3.63) is 0 Å². The normalized spacial score (nSPS) is 10.3. The second-order valence-corrected chi connectivity index (χ2v) is 16.2. The van der Waals surface area contributed by atoms with Crippen LogP contribution in [0, 0.1) is 29.1 Å². The van der Waals surface area contributed by atoms with Crippen LogP contribution in [0.3, 0.4) is 0 Å². The average Bonchev–Trinajstić information content (AvgIpc) is 3.78. The Balaban J connectivity index is -0.0000000424. The summed E-state index contributed by atoms with van der Waals surface area (Å²) in [6.45, 7) is 52.5. The minimum Gasteiger partial charge on any atom is -0.0776 e. The van der Waals surface area contributed by atoms with E-state index in [9.17, 15) is 0 Å². The quantitative estimate of drug-likeness (QED) is 0.179. The number of unbranched alkanes of at least 4 members (excludes halogenated alkanes) is 9. The molecule has 1 rings (SSSR count). The van der Waals surface area contributed by atoms with Crippen molar-refractivity contribution >= 4 is 0 Å². The van der Waals surface area contributed by atoms with Gasteiger partial charge >= 0.3 is 0 Å². The topological polar surface area (TPSA) is 0 Å². The van der Waals surface area contributed by atoms with E-state index < -0.39 is 0 Å². The third-order valence-electron chi connectivity index (χ3n) is 5.46. The smallest absolute Gasteiger partial charge is 0.0411 e. The first kappa shape index (κ1) is 73.4. The zero-order valence-electron chi connectivity index (χ0n) is 39.5. The van der Waals surface area contributed by atoms with Crippen LogP contribution < -0.4 is 0 Å². The van der Waals surface area contributed by atoms with Gasteiger partial charge in [-0.05, 0) is 29.1 Å². The van der Waals surface area contributed by atoms with Crippen molar-refractivity contribution in [2.24, 2.45) is 29.1 Å². The molecule has 0 aromatic carbocycles. The van der Waals surface area contributed by atoms with Gasteiger partial charge in [0, 0.05) is 0 Å². The van der Waals surface area contributed by atoms with Gasteiger partial charge < -0.3 is 0 Å². The molecular formula is C48H116. The number of rotatable bonds is 12. The molecule has 1 aliphatic carbocycles. The van der Waals surface area contributed by atoms with E-state index in [2.05, 4.69) is 152 Å². The summed E-state index contributed by atoms with van der Waals surface area (Å²) in [6, 6.07) is 0. The minimum atomic E-state index is 0. The predicted molar refractivity (Wildman–Crippen MR) is 242 cm³/mol. The molecule has 0 atom stereocenters. The van der Waals surface area contributed by atoms with E-state index in [-0.39, 0.29) is 7.43 Å². The van der Waals surface area contributed by atoms with E-state index >= 15 is 0 Å². The molecule has 0 unspecified atom stereocenters.